The maximum absolute atomic E-state index is 12.8. The zero-order valence-corrected chi connectivity index (χ0v) is 16.2. The Hall–Kier alpha value is -4.07. The number of nitrogens with one attached hydrogen (secondary N) is 1. The maximum Gasteiger partial charge on any atom is 0.387 e. The van der Waals surface area contributed by atoms with Crippen molar-refractivity contribution in [2.24, 2.45) is 0 Å². The number of halogens is 2. The Kier molecular flexibility index (Phi) is 5.98. The van der Waals surface area contributed by atoms with Gasteiger partial charge in [0.1, 0.15) is 5.75 Å². The van der Waals surface area contributed by atoms with E-state index in [1.807, 2.05) is 30.3 Å². The molecule has 0 fully saturated rings. The molecule has 6 nitrogen and oxygen atoms in total. The third-order valence-electron chi connectivity index (χ3n) is 4.48. The second kappa shape index (κ2) is 9.17. The Morgan fingerprint density at radius 1 is 1.03 bits per heavy atom. The van der Waals surface area contributed by atoms with E-state index in [0.717, 1.165) is 11.1 Å². The van der Waals surface area contributed by atoms with E-state index in [1.54, 1.807) is 30.6 Å². The number of alkyl halides is 2. The summed E-state index contributed by atoms with van der Waals surface area (Å²) in [4.78, 5) is 16.5. The molecule has 0 bridgehead atoms. The van der Waals surface area contributed by atoms with Crippen LogP contribution >= 0.6 is 0 Å². The first-order valence-corrected chi connectivity index (χ1v) is 9.38. The van der Waals surface area contributed by atoms with Crippen LogP contribution in [0.25, 0.3) is 11.3 Å². The standard InChI is InChI=1S/C23H17F2N3O3/c24-23(25)30-20-7-6-18(13-17(20)12-15-4-2-1-3-5-15)27-22(29)19-14-21(31-28-19)16-8-10-26-11-9-16/h1-11,13-14,23H,12H2,(H,27,29). The van der Waals surface area contributed by atoms with E-state index < -0.39 is 12.5 Å². The predicted molar refractivity (Wildman–Crippen MR) is 110 cm³/mol. The number of rotatable bonds is 7. The Labute approximate surface area is 176 Å². The molecule has 0 spiro atoms. The number of carbonyl (C=O) groups excluding carboxylic acids is 1. The lowest BCUT2D eigenvalue weighted by molar-refractivity contribution is -0.0503. The molecule has 2 aromatic heterocycles. The molecule has 0 atom stereocenters. The molecule has 2 aromatic carbocycles. The van der Waals surface area contributed by atoms with Gasteiger partial charge in [-0.05, 0) is 35.9 Å². The summed E-state index contributed by atoms with van der Waals surface area (Å²) in [5.74, 6) is -0.00601. The zero-order chi connectivity index (χ0) is 21.6. The molecule has 0 saturated carbocycles. The average Bonchev–Trinajstić information content (AvgIpc) is 3.27. The minimum Gasteiger partial charge on any atom is -0.435 e. The lowest BCUT2D eigenvalue weighted by atomic mass is 10.0. The molecule has 4 aromatic rings. The van der Waals surface area contributed by atoms with Gasteiger partial charge in [0.25, 0.3) is 5.91 Å². The molecule has 1 N–H and O–H groups in total. The number of anilines is 1. The summed E-state index contributed by atoms with van der Waals surface area (Å²) in [6.07, 6.45) is 3.58. The Morgan fingerprint density at radius 3 is 2.55 bits per heavy atom. The minimum atomic E-state index is -2.95. The fraction of sp³-hybridized carbons (Fsp3) is 0.0870. The van der Waals surface area contributed by atoms with Gasteiger partial charge >= 0.3 is 6.61 Å². The molecule has 0 saturated heterocycles. The number of carbonyl (C=O) groups is 1. The van der Waals surface area contributed by atoms with Gasteiger partial charge in [-0.3, -0.25) is 9.78 Å². The van der Waals surface area contributed by atoms with Crippen molar-refractivity contribution in [1.82, 2.24) is 10.1 Å². The number of pyridine rings is 1. The summed E-state index contributed by atoms with van der Waals surface area (Å²) in [5.41, 5.74) is 2.68. The van der Waals surface area contributed by atoms with Crippen LogP contribution in [-0.2, 0) is 6.42 Å². The third-order valence-corrected chi connectivity index (χ3v) is 4.48. The summed E-state index contributed by atoms with van der Waals surface area (Å²) in [6.45, 7) is -2.95. The van der Waals surface area contributed by atoms with Gasteiger partial charge in [0, 0.05) is 41.7 Å². The van der Waals surface area contributed by atoms with E-state index in [4.69, 9.17) is 4.52 Å². The zero-order valence-electron chi connectivity index (χ0n) is 16.2. The summed E-state index contributed by atoms with van der Waals surface area (Å²) >= 11 is 0. The van der Waals surface area contributed by atoms with Crippen molar-refractivity contribution in [3.8, 4) is 17.1 Å². The van der Waals surface area contributed by atoms with E-state index in [0.29, 0.717) is 23.4 Å². The van der Waals surface area contributed by atoms with E-state index in [9.17, 15) is 13.6 Å². The van der Waals surface area contributed by atoms with Crippen LogP contribution in [0.4, 0.5) is 14.5 Å². The van der Waals surface area contributed by atoms with Gasteiger partial charge in [0.2, 0.25) is 0 Å². The van der Waals surface area contributed by atoms with E-state index in [1.165, 1.54) is 18.2 Å². The second-order valence-corrected chi connectivity index (χ2v) is 6.63. The molecule has 8 heteroatoms. The first kappa shape index (κ1) is 20.2. The lowest BCUT2D eigenvalue weighted by Gasteiger charge is -2.13. The van der Waals surface area contributed by atoms with Crippen LogP contribution in [-0.4, -0.2) is 22.7 Å². The van der Waals surface area contributed by atoms with Crippen LogP contribution in [0.3, 0.4) is 0 Å². The number of ether oxygens (including phenoxy) is 1. The first-order valence-electron chi connectivity index (χ1n) is 9.38. The van der Waals surface area contributed by atoms with Crippen molar-refractivity contribution in [1.29, 1.82) is 0 Å². The number of nitrogens with zero attached hydrogens (tertiary/aromatic N) is 2. The molecular formula is C23H17F2N3O3. The van der Waals surface area contributed by atoms with Gasteiger partial charge in [-0.15, -0.1) is 0 Å². The normalized spacial score (nSPS) is 10.8. The summed E-state index contributed by atoms with van der Waals surface area (Å²) in [5, 5.41) is 6.52. The van der Waals surface area contributed by atoms with Crippen LogP contribution in [0.2, 0.25) is 0 Å². The Morgan fingerprint density at radius 2 is 1.81 bits per heavy atom. The number of aromatic nitrogens is 2. The van der Waals surface area contributed by atoms with Gasteiger partial charge < -0.3 is 14.6 Å². The molecule has 0 aliphatic carbocycles. The highest BCUT2D eigenvalue weighted by atomic mass is 19.3. The number of amides is 1. The van der Waals surface area contributed by atoms with Crippen LogP contribution < -0.4 is 10.1 Å². The van der Waals surface area contributed by atoms with Crippen molar-refractivity contribution < 1.29 is 22.8 Å². The minimum absolute atomic E-state index is 0.0539. The smallest absolute Gasteiger partial charge is 0.387 e. The monoisotopic (exact) mass is 421 g/mol. The molecule has 0 radical (unpaired) electrons. The largest absolute Gasteiger partial charge is 0.435 e. The van der Waals surface area contributed by atoms with Gasteiger partial charge in [-0.2, -0.15) is 8.78 Å². The highest BCUT2D eigenvalue weighted by Gasteiger charge is 2.16. The molecule has 0 unspecified atom stereocenters. The third kappa shape index (κ3) is 5.11. The van der Waals surface area contributed by atoms with E-state index in [-0.39, 0.29) is 11.4 Å². The summed E-state index contributed by atoms with van der Waals surface area (Å²) in [6, 6.07) is 18.9. The van der Waals surface area contributed by atoms with Crippen LogP contribution in [0.1, 0.15) is 21.6 Å². The summed E-state index contributed by atoms with van der Waals surface area (Å²) < 4.78 is 35.5. The molecule has 31 heavy (non-hydrogen) atoms. The number of hydrogen-bond donors (Lipinski definition) is 1. The first-order chi connectivity index (χ1) is 15.1. The molecule has 2 heterocycles. The molecule has 0 aliphatic rings. The summed E-state index contributed by atoms with van der Waals surface area (Å²) in [7, 11) is 0. The van der Waals surface area contributed by atoms with Crippen molar-refractivity contribution in [3.63, 3.8) is 0 Å². The van der Waals surface area contributed by atoms with Crippen molar-refractivity contribution in [2.75, 3.05) is 5.32 Å². The predicted octanol–water partition coefficient (Wildman–Crippen LogP) is 5.18. The number of benzene rings is 2. The van der Waals surface area contributed by atoms with Crippen LogP contribution in [0, 0.1) is 0 Å². The highest BCUT2D eigenvalue weighted by molar-refractivity contribution is 6.03. The van der Waals surface area contributed by atoms with Crippen molar-refractivity contribution >= 4 is 11.6 Å². The fourth-order valence-corrected chi connectivity index (χ4v) is 3.05. The fourth-order valence-electron chi connectivity index (χ4n) is 3.05. The van der Waals surface area contributed by atoms with Crippen molar-refractivity contribution in [2.45, 2.75) is 13.0 Å². The van der Waals surface area contributed by atoms with Gasteiger partial charge in [-0.25, -0.2) is 0 Å². The van der Waals surface area contributed by atoms with Gasteiger partial charge in [0.15, 0.2) is 11.5 Å². The van der Waals surface area contributed by atoms with Crippen LogP contribution in [0.15, 0.2) is 83.6 Å². The quantitative estimate of drug-likeness (QED) is 0.445. The topological polar surface area (TPSA) is 77.2 Å². The second-order valence-electron chi connectivity index (χ2n) is 6.63. The SMILES string of the molecule is O=C(Nc1ccc(OC(F)F)c(Cc2ccccc2)c1)c1cc(-c2ccncc2)on1. The van der Waals surface area contributed by atoms with Gasteiger partial charge in [-0.1, -0.05) is 35.5 Å². The molecule has 1 amide bonds. The Bertz CT molecular complexity index is 1170. The highest BCUT2D eigenvalue weighted by Crippen LogP contribution is 2.27. The number of hydrogen-bond acceptors (Lipinski definition) is 5. The molecule has 0 aliphatic heterocycles. The average molecular weight is 421 g/mol. The van der Waals surface area contributed by atoms with Crippen molar-refractivity contribution in [3.05, 3.63) is 95.9 Å². The van der Waals surface area contributed by atoms with E-state index >= 15 is 0 Å². The molecular weight excluding hydrogens is 404 g/mol. The van der Waals surface area contributed by atoms with Gasteiger partial charge in [0.05, 0.1) is 0 Å². The van der Waals surface area contributed by atoms with Crippen LogP contribution in [0.5, 0.6) is 5.75 Å². The molecule has 4 rings (SSSR count). The molecule has 156 valence electrons. The maximum atomic E-state index is 12.8. The van der Waals surface area contributed by atoms with E-state index in [2.05, 4.69) is 20.2 Å². The lowest BCUT2D eigenvalue weighted by Crippen LogP contribution is -2.13. The Balaban J connectivity index is 1.54.